The van der Waals surface area contributed by atoms with E-state index in [2.05, 4.69) is 46.9 Å². The molecule has 0 heterocycles. The highest BCUT2D eigenvalue weighted by Gasteiger charge is 2.37. The molecule has 0 atom stereocenters. The maximum absolute atomic E-state index is 6.06. The van der Waals surface area contributed by atoms with Crippen LogP contribution < -0.4 is 0 Å². The second-order valence-electron chi connectivity index (χ2n) is 5.20. The van der Waals surface area contributed by atoms with Gasteiger partial charge in [-0.15, -0.1) is 0 Å². The van der Waals surface area contributed by atoms with E-state index >= 15 is 0 Å². The third-order valence-corrected chi connectivity index (χ3v) is 8.47. The van der Waals surface area contributed by atoms with Crippen LogP contribution in [-0.4, -0.2) is 14.9 Å². The molecule has 0 aromatic heterocycles. The topological polar surface area (TPSA) is 9.23 Å². The Morgan fingerprint density at radius 1 is 1.40 bits per heavy atom. The van der Waals surface area contributed by atoms with Gasteiger partial charge in [0.05, 0.1) is 6.61 Å². The van der Waals surface area contributed by atoms with E-state index in [1.165, 1.54) is 11.0 Å². The van der Waals surface area contributed by atoms with Crippen molar-refractivity contribution in [2.75, 3.05) is 6.61 Å². The number of halogens is 1. The number of rotatable bonds is 5. The van der Waals surface area contributed by atoms with Crippen molar-refractivity contribution in [1.29, 1.82) is 0 Å². The zero-order valence-corrected chi connectivity index (χ0v) is 13.3. The summed E-state index contributed by atoms with van der Waals surface area (Å²) in [5.41, 5.74) is 0. The molecule has 0 radical (unpaired) electrons. The van der Waals surface area contributed by atoms with Crippen LogP contribution in [0.15, 0.2) is 11.0 Å². The van der Waals surface area contributed by atoms with Gasteiger partial charge in [0.15, 0.2) is 8.32 Å². The van der Waals surface area contributed by atoms with Crippen molar-refractivity contribution in [3.8, 4) is 0 Å². The Bertz CT molecular complexity index is 221. The minimum absolute atomic E-state index is 0.265. The van der Waals surface area contributed by atoms with Crippen molar-refractivity contribution in [2.24, 2.45) is 0 Å². The molecule has 0 fully saturated rings. The predicted molar refractivity (Wildman–Crippen MR) is 75.0 cm³/mol. The molecule has 0 rings (SSSR count). The largest absolute Gasteiger partial charge is 0.412 e. The Labute approximate surface area is 104 Å². The summed E-state index contributed by atoms with van der Waals surface area (Å²) in [6, 6.07) is 0. The van der Waals surface area contributed by atoms with Crippen LogP contribution in [0.2, 0.25) is 18.1 Å². The van der Waals surface area contributed by atoms with E-state index < -0.39 is 8.32 Å². The molecule has 4 heteroatoms. The molecular weight excluding hydrogens is 244 g/mol. The highest BCUT2D eigenvalue weighted by Crippen LogP contribution is 2.37. The summed E-state index contributed by atoms with van der Waals surface area (Å²) in [5.74, 6) is 0. The molecule has 0 aromatic carbocycles. The molecule has 0 aliphatic rings. The lowest BCUT2D eigenvalue weighted by Crippen LogP contribution is -2.41. The first kappa shape index (κ1) is 15.6. The number of hydrogen-bond donors (Lipinski definition) is 0. The molecule has 0 bridgehead atoms. The van der Waals surface area contributed by atoms with Gasteiger partial charge in [-0.1, -0.05) is 33.8 Å². The zero-order valence-electron chi connectivity index (χ0n) is 10.7. The van der Waals surface area contributed by atoms with Gasteiger partial charge >= 0.3 is 0 Å². The van der Waals surface area contributed by atoms with Gasteiger partial charge in [0, 0.05) is 4.91 Å². The summed E-state index contributed by atoms with van der Waals surface area (Å²) in [5, 5.41) is 0.265. The summed E-state index contributed by atoms with van der Waals surface area (Å²) < 4.78 is 6.06. The van der Waals surface area contributed by atoms with Gasteiger partial charge in [-0.3, -0.25) is 0 Å². The number of hydrogen-bond acceptors (Lipinski definition) is 2. The van der Waals surface area contributed by atoms with Crippen LogP contribution in [0.1, 0.15) is 34.1 Å². The van der Waals surface area contributed by atoms with Crippen molar-refractivity contribution in [3.05, 3.63) is 11.0 Å². The predicted octanol–water partition coefficient (Wildman–Crippen LogP) is 5.19. The Hall–Kier alpha value is 0.557. The van der Waals surface area contributed by atoms with E-state index in [1.807, 2.05) is 0 Å². The third kappa shape index (κ3) is 5.43. The average Bonchev–Trinajstić information content (AvgIpc) is 2.10. The van der Waals surface area contributed by atoms with Crippen LogP contribution in [0, 0.1) is 0 Å². The van der Waals surface area contributed by atoms with Crippen LogP contribution in [0.4, 0.5) is 0 Å². The van der Waals surface area contributed by atoms with Crippen LogP contribution >= 0.6 is 21.7 Å². The molecule has 0 saturated heterocycles. The standard InChI is InChI=1S/C11H23ClOSSi/c1-7-8-10(14-12)9-13-15(5,6)11(2,3)4/h8H,7,9H2,1-6H3/b10-8-. The van der Waals surface area contributed by atoms with Gasteiger partial charge < -0.3 is 4.43 Å². The van der Waals surface area contributed by atoms with E-state index in [0.717, 1.165) is 11.3 Å². The van der Waals surface area contributed by atoms with Gasteiger partial charge in [-0.25, -0.2) is 0 Å². The second-order valence-corrected chi connectivity index (χ2v) is 11.2. The first-order valence-corrected chi connectivity index (χ1v) is 9.91. The van der Waals surface area contributed by atoms with E-state index in [4.69, 9.17) is 15.1 Å². The molecule has 90 valence electrons. The van der Waals surface area contributed by atoms with E-state index in [0.29, 0.717) is 6.61 Å². The van der Waals surface area contributed by atoms with Crippen LogP contribution in [0.25, 0.3) is 0 Å². The third-order valence-electron chi connectivity index (χ3n) is 2.91. The van der Waals surface area contributed by atoms with E-state index in [1.54, 1.807) is 0 Å². The molecule has 0 aromatic rings. The van der Waals surface area contributed by atoms with E-state index in [-0.39, 0.29) is 5.04 Å². The van der Waals surface area contributed by atoms with Gasteiger partial charge in [0.2, 0.25) is 0 Å². The SMILES string of the molecule is CC/C=C(/CO[Si](C)(C)C(C)(C)C)SCl. The minimum atomic E-state index is -1.63. The summed E-state index contributed by atoms with van der Waals surface area (Å²) in [6.45, 7) is 14.0. The Kier molecular flexibility index (Phi) is 6.57. The van der Waals surface area contributed by atoms with Gasteiger partial charge in [0.1, 0.15) is 0 Å². The Morgan fingerprint density at radius 2 is 1.93 bits per heavy atom. The summed E-state index contributed by atoms with van der Waals surface area (Å²) in [7, 11) is 5.42. The fourth-order valence-corrected chi connectivity index (χ4v) is 2.52. The second kappa shape index (κ2) is 6.33. The minimum Gasteiger partial charge on any atom is -0.412 e. The smallest absolute Gasteiger partial charge is 0.192 e. The lowest BCUT2D eigenvalue weighted by Gasteiger charge is -2.36. The van der Waals surface area contributed by atoms with E-state index in [9.17, 15) is 0 Å². The fraction of sp³-hybridized carbons (Fsp3) is 0.818. The average molecular weight is 267 g/mol. The zero-order chi connectivity index (χ0) is 12.1. The quantitative estimate of drug-likeness (QED) is 0.634. The van der Waals surface area contributed by atoms with Crippen molar-refractivity contribution >= 4 is 30.0 Å². The molecule has 0 amide bonds. The van der Waals surface area contributed by atoms with Crippen molar-refractivity contribution < 1.29 is 4.43 Å². The number of allylic oxidation sites excluding steroid dienone is 1. The van der Waals surface area contributed by atoms with Crippen LogP contribution in [-0.2, 0) is 4.43 Å². The van der Waals surface area contributed by atoms with Crippen molar-refractivity contribution in [2.45, 2.75) is 52.2 Å². The summed E-state index contributed by atoms with van der Waals surface area (Å²) >= 11 is 0. The fourth-order valence-electron chi connectivity index (χ4n) is 0.808. The highest BCUT2D eigenvalue weighted by atomic mass is 35.7. The first-order valence-electron chi connectivity index (χ1n) is 5.36. The Morgan fingerprint density at radius 3 is 2.27 bits per heavy atom. The van der Waals surface area contributed by atoms with Gasteiger partial charge in [-0.2, -0.15) is 0 Å². The molecule has 1 nitrogen and oxygen atoms in total. The molecule has 0 unspecified atom stereocenters. The molecule has 15 heavy (non-hydrogen) atoms. The monoisotopic (exact) mass is 266 g/mol. The van der Waals surface area contributed by atoms with Crippen LogP contribution in [0.5, 0.6) is 0 Å². The van der Waals surface area contributed by atoms with Crippen LogP contribution in [0.3, 0.4) is 0 Å². The summed E-state index contributed by atoms with van der Waals surface area (Å²) in [6.07, 6.45) is 3.14. The maximum Gasteiger partial charge on any atom is 0.192 e. The molecule has 0 aliphatic heterocycles. The molecular formula is C11H23ClOSSi. The molecule has 0 spiro atoms. The molecule has 0 saturated carbocycles. The van der Waals surface area contributed by atoms with Crippen molar-refractivity contribution in [1.82, 2.24) is 0 Å². The first-order chi connectivity index (χ1) is 6.74. The van der Waals surface area contributed by atoms with Gasteiger partial charge in [-0.05, 0) is 46.2 Å². The summed E-state index contributed by atoms with van der Waals surface area (Å²) in [4.78, 5) is 1.13. The van der Waals surface area contributed by atoms with Gasteiger partial charge in [0.25, 0.3) is 0 Å². The van der Waals surface area contributed by atoms with Crippen molar-refractivity contribution in [3.63, 3.8) is 0 Å². The Balaban J connectivity index is 4.31. The lowest BCUT2D eigenvalue weighted by atomic mass is 10.2. The molecule has 0 N–H and O–H groups in total. The normalized spacial score (nSPS) is 14.5. The molecule has 0 aliphatic carbocycles. The highest BCUT2D eigenvalue weighted by molar-refractivity contribution is 8.24. The lowest BCUT2D eigenvalue weighted by molar-refractivity contribution is 0.325. The maximum atomic E-state index is 6.06.